The number of thiol groups is 1. The first-order valence-electron chi connectivity index (χ1n) is 4.05. The largest absolute Gasteiger partial charge is 0.392 e. The maximum absolute atomic E-state index is 10.7. The van der Waals surface area contributed by atoms with Crippen LogP contribution in [-0.4, -0.2) is 11.4 Å². The predicted octanol–water partition coefficient (Wildman–Crippen LogP) is 2.49. The number of fused-ring (bicyclic) bond motifs is 1. The van der Waals surface area contributed by atoms with Gasteiger partial charge in [0.2, 0.25) is 0 Å². The molecule has 0 unspecified atom stereocenters. The highest BCUT2D eigenvalue weighted by Crippen LogP contribution is 2.30. The Labute approximate surface area is 90.6 Å². The summed E-state index contributed by atoms with van der Waals surface area (Å²) in [5.41, 5.74) is 1.40. The van der Waals surface area contributed by atoms with Gasteiger partial charge in [0.25, 0.3) is 0 Å². The minimum Gasteiger partial charge on any atom is -0.392 e. The number of aliphatic hydroxyl groups excluding tert-OH is 1. The zero-order chi connectivity index (χ0) is 10.1. The van der Waals surface area contributed by atoms with Crippen molar-refractivity contribution in [1.29, 1.82) is 0 Å². The van der Waals surface area contributed by atoms with Crippen molar-refractivity contribution in [1.82, 2.24) is 0 Å². The standard InChI is InChI=1S/C10H8O2S2/c11-3-6-1-8(13)2-9-10(6)7(4-12)5-14-9/h1-2,4-5,11,13H,3H2. The van der Waals surface area contributed by atoms with Gasteiger partial charge >= 0.3 is 0 Å². The van der Waals surface area contributed by atoms with Crippen molar-refractivity contribution in [2.24, 2.45) is 0 Å². The summed E-state index contributed by atoms with van der Waals surface area (Å²) in [7, 11) is 0. The first-order chi connectivity index (χ1) is 6.76. The molecule has 0 saturated heterocycles. The van der Waals surface area contributed by atoms with Crippen LogP contribution in [0.15, 0.2) is 22.4 Å². The van der Waals surface area contributed by atoms with Crippen LogP contribution < -0.4 is 0 Å². The molecule has 14 heavy (non-hydrogen) atoms. The Morgan fingerprint density at radius 1 is 1.50 bits per heavy atom. The van der Waals surface area contributed by atoms with Crippen LogP contribution in [0.5, 0.6) is 0 Å². The molecule has 2 aromatic rings. The second-order valence-electron chi connectivity index (χ2n) is 2.95. The Kier molecular flexibility index (Phi) is 2.58. The van der Waals surface area contributed by atoms with E-state index >= 15 is 0 Å². The van der Waals surface area contributed by atoms with Gasteiger partial charge in [-0.25, -0.2) is 0 Å². The summed E-state index contributed by atoms with van der Waals surface area (Å²) < 4.78 is 0.989. The molecule has 0 aliphatic heterocycles. The number of benzene rings is 1. The number of hydrogen-bond acceptors (Lipinski definition) is 4. The van der Waals surface area contributed by atoms with Crippen molar-refractivity contribution < 1.29 is 9.90 Å². The summed E-state index contributed by atoms with van der Waals surface area (Å²) in [6.07, 6.45) is 0.816. The van der Waals surface area contributed by atoms with Crippen LogP contribution >= 0.6 is 24.0 Å². The molecule has 0 aliphatic carbocycles. The molecule has 0 saturated carbocycles. The molecule has 1 heterocycles. The molecule has 1 N–H and O–H groups in total. The normalized spacial score (nSPS) is 10.7. The molecule has 72 valence electrons. The molecule has 0 fully saturated rings. The lowest BCUT2D eigenvalue weighted by atomic mass is 10.1. The first-order valence-corrected chi connectivity index (χ1v) is 5.38. The quantitative estimate of drug-likeness (QED) is 0.607. The highest BCUT2D eigenvalue weighted by atomic mass is 32.1. The highest BCUT2D eigenvalue weighted by Gasteiger charge is 2.08. The van der Waals surface area contributed by atoms with Crippen LogP contribution in [0.4, 0.5) is 0 Å². The van der Waals surface area contributed by atoms with E-state index in [2.05, 4.69) is 12.6 Å². The van der Waals surface area contributed by atoms with E-state index in [4.69, 9.17) is 5.11 Å². The highest BCUT2D eigenvalue weighted by molar-refractivity contribution is 7.80. The summed E-state index contributed by atoms with van der Waals surface area (Å²) in [6, 6.07) is 3.68. The third-order valence-corrected chi connectivity index (χ3v) is 3.27. The third kappa shape index (κ3) is 1.45. The Morgan fingerprint density at radius 2 is 2.29 bits per heavy atom. The van der Waals surface area contributed by atoms with Crippen LogP contribution in [0.25, 0.3) is 10.1 Å². The van der Waals surface area contributed by atoms with E-state index in [0.717, 1.165) is 26.8 Å². The fraction of sp³-hybridized carbons (Fsp3) is 0.100. The van der Waals surface area contributed by atoms with E-state index in [-0.39, 0.29) is 6.61 Å². The van der Waals surface area contributed by atoms with Gasteiger partial charge in [0.05, 0.1) is 6.61 Å². The van der Waals surface area contributed by atoms with E-state index in [1.54, 1.807) is 11.4 Å². The van der Waals surface area contributed by atoms with Gasteiger partial charge in [-0.15, -0.1) is 24.0 Å². The van der Waals surface area contributed by atoms with Crippen molar-refractivity contribution in [2.75, 3.05) is 0 Å². The smallest absolute Gasteiger partial charge is 0.151 e. The number of hydrogen-bond donors (Lipinski definition) is 2. The molecule has 1 aromatic carbocycles. The van der Waals surface area contributed by atoms with E-state index in [1.165, 1.54) is 11.3 Å². The number of carbonyl (C=O) groups excluding carboxylic acids is 1. The van der Waals surface area contributed by atoms with Crippen molar-refractivity contribution in [3.8, 4) is 0 Å². The lowest BCUT2D eigenvalue weighted by Gasteiger charge is -2.01. The molecule has 0 radical (unpaired) electrons. The molecule has 0 atom stereocenters. The minimum absolute atomic E-state index is 0.0670. The SMILES string of the molecule is O=Cc1csc2cc(S)cc(CO)c12. The summed E-state index contributed by atoms with van der Waals surface area (Å²) in [5, 5.41) is 11.8. The number of aliphatic hydroxyl groups is 1. The molecule has 1 aromatic heterocycles. The second-order valence-corrected chi connectivity index (χ2v) is 4.37. The lowest BCUT2D eigenvalue weighted by Crippen LogP contribution is -1.87. The average Bonchev–Trinajstić information content (AvgIpc) is 2.59. The fourth-order valence-corrected chi connectivity index (χ4v) is 2.84. The molecule has 2 rings (SSSR count). The fourth-order valence-electron chi connectivity index (χ4n) is 1.47. The van der Waals surface area contributed by atoms with Gasteiger partial charge in [0, 0.05) is 25.9 Å². The first kappa shape index (κ1) is 9.71. The maximum atomic E-state index is 10.7. The number of carbonyl (C=O) groups is 1. The van der Waals surface area contributed by atoms with Crippen LogP contribution in [0.1, 0.15) is 15.9 Å². The summed E-state index contributed by atoms with van der Waals surface area (Å²) >= 11 is 5.72. The molecule has 2 nitrogen and oxygen atoms in total. The van der Waals surface area contributed by atoms with Crippen molar-refractivity contribution in [3.05, 3.63) is 28.6 Å². The van der Waals surface area contributed by atoms with Gasteiger partial charge < -0.3 is 5.11 Å². The molecule has 0 amide bonds. The minimum atomic E-state index is -0.0670. The van der Waals surface area contributed by atoms with Gasteiger partial charge in [-0.2, -0.15) is 0 Å². The van der Waals surface area contributed by atoms with Gasteiger partial charge in [-0.3, -0.25) is 4.79 Å². The molecular weight excluding hydrogens is 216 g/mol. The van der Waals surface area contributed by atoms with Crippen LogP contribution in [0.2, 0.25) is 0 Å². The molecule has 4 heteroatoms. The Hall–Kier alpha value is -0.840. The van der Waals surface area contributed by atoms with E-state index < -0.39 is 0 Å². The van der Waals surface area contributed by atoms with E-state index in [0.29, 0.717) is 5.56 Å². The lowest BCUT2D eigenvalue weighted by molar-refractivity contribution is 0.112. The molecule has 0 aliphatic rings. The summed E-state index contributed by atoms with van der Waals surface area (Å²) in [4.78, 5) is 11.5. The number of rotatable bonds is 2. The average molecular weight is 224 g/mol. The number of aldehydes is 1. The maximum Gasteiger partial charge on any atom is 0.151 e. The van der Waals surface area contributed by atoms with Gasteiger partial charge in [-0.05, 0) is 17.7 Å². The summed E-state index contributed by atoms with van der Waals surface area (Å²) in [6.45, 7) is -0.0670. The van der Waals surface area contributed by atoms with Gasteiger partial charge in [-0.1, -0.05) is 0 Å². The van der Waals surface area contributed by atoms with Crippen LogP contribution in [0, 0.1) is 0 Å². The monoisotopic (exact) mass is 224 g/mol. The third-order valence-electron chi connectivity index (χ3n) is 2.07. The van der Waals surface area contributed by atoms with Crippen LogP contribution in [0.3, 0.4) is 0 Å². The Balaban J connectivity index is 2.85. The summed E-state index contributed by atoms with van der Waals surface area (Å²) in [5.74, 6) is 0. The Bertz CT molecular complexity index is 488. The van der Waals surface area contributed by atoms with Gasteiger partial charge in [0.15, 0.2) is 6.29 Å². The Morgan fingerprint density at radius 3 is 2.93 bits per heavy atom. The van der Waals surface area contributed by atoms with Crippen molar-refractivity contribution in [2.45, 2.75) is 11.5 Å². The zero-order valence-electron chi connectivity index (χ0n) is 7.23. The topological polar surface area (TPSA) is 37.3 Å². The molecular formula is C10H8O2S2. The molecule has 0 spiro atoms. The van der Waals surface area contributed by atoms with E-state index in [1.807, 2.05) is 6.07 Å². The number of thiophene rings is 1. The van der Waals surface area contributed by atoms with Gasteiger partial charge in [0.1, 0.15) is 0 Å². The molecule has 0 bridgehead atoms. The van der Waals surface area contributed by atoms with E-state index in [9.17, 15) is 4.79 Å². The van der Waals surface area contributed by atoms with Crippen LogP contribution in [-0.2, 0) is 6.61 Å². The second kappa shape index (κ2) is 3.73. The predicted molar refractivity (Wildman–Crippen MR) is 60.4 cm³/mol. The van der Waals surface area contributed by atoms with Crippen molar-refractivity contribution >= 4 is 40.3 Å². The van der Waals surface area contributed by atoms with Crippen molar-refractivity contribution in [3.63, 3.8) is 0 Å². The zero-order valence-corrected chi connectivity index (χ0v) is 8.94.